The highest BCUT2D eigenvalue weighted by atomic mass is 16.3. The summed E-state index contributed by atoms with van der Waals surface area (Å²) < 4.78 is 0. The highest BCUT2D eigenvalue weighted by Crippen LogP contribution is 2.67. The van der Waals surface area contributed by atoms with E-state index >= 15 is 0 Å². The van der Waals surface area contributed by atoms with Gasteiger partial charge in [-0.3, -0.25) is 9.59 Å². The predicted molar refractivity (Wildman–Crippen MR) is 95.7 cm³/mol. The second-order valence-corrected chi connectivity index (χ2v) is 10.1. The van der Waals surface area contributed by atoms with Crippen LogP contribution in [-0.2, 0) is 9.59 Å². The minimum atomic E-state index is -1.05. The van der Waals surface area contributed by atoms with Crippen LogP contribution in [0.1, 0.15) is 72.1 Å². The highest BCUT2D eigenvalue weighted by Gasteiger charge is 2.67. The maximum Gasteiger partial charge on any atom is 0.135 e. The van der Waals surface area contributed by atoms with Crippen molar-refractivity contribution in [2.45, 2.75) is 83.8 Å². The molecule has 4 aliphatic carbocycles. The molecule has 0 aromatic carbocycles. The highest BCUT2D eigenvalue weighted by molar-refractivity contribution is 5.81. The van der Waals surface area contributed by atoms with E-state index in [1.165, 1.54) is 0 Å². The lowest BCUT2D eigenvalue weighted by Gasteiger charge is -2.64. The normalized spacial score (nSPS) is 55.2. The number of ketones is 2. The van der Waals surface area contributed by atoms with Gasteiger partial charge in [-0.1, -0.05) is 13.8 Å². The van der Waals surface area contributed by atoms with Crippen molar-refractivity contribution >= 4 is 11.6 Å². The zero-order valence-corrected chi connectivity index (χ0v) is 15.9. The number of rotatable bonds is 1. The van der Waals surface area contributed by atoms with E-state index < -0.39 is 5.60 Å². The van der Waals surface area contributed by atoms with Crippen LogP contribution in [0.5, 0.6) is 0 Å². The van der Waals surface area contributed by atoms with Gasteiger partial charge in [0.25, 0.3) is 0 Å². The lowest BCUT2D eigenvalue weighted by molar-refractivity contribution is -0.211. The average molecular weight is 347 g/mol. The van der Waals surface area contributed by atoms with E-state index in [2.05, 4.69) is 13.8 Å². The van der Waals surface area contributed by atoms with Crippen molar-refractivity contribution in [3.05, 3.63) is 0 Å². The van der Waals surface area contributed by atoms with Crippen molar-refractivity contribution in [3.8, 4) is 0 Å². The van der Waals surface area contributed by atoms with Crippen LogP contribution in [0.2, 0.25) is 0 Å². The molecule has 4 heteroatoms. The van der Waals surface area contributed by atoms with Crippen LogP contribution in [0.3, 0.4) is 0 Å². The zero-order valence-electron chi connectivity index (χ0n) is 15.9. The molecule has 0 heterocycles. The molecule has 8 atom stereocenters. The van der Waals surface area contributed by atoms with Gasteiger partial charge in [0.15, 0.2) is 0 Å². The first-order valence-corrected chi connectivity index (χ1v) is 10.1. The number of aliphatic hydroxyl groups is 1. The number of carbonyl (C=O) groups is 2. The lowest BCUT2D eigenvalue weighted by Crippen LogP contribution is -2.70. The summed E-state index contributed by atoms with van der Waals surface area (Å²) in [6.45, 7) is 6.27. The molecule has 0 saturated heterocycles. The molecule has 4 aliphatic rings. The minimum absolute atomic E-state index is 0.100. The molecule has 4 saturated carbocycles. The minimum Gasteiger partial charge on any atom is -0.387 e. The summed E-state index contributed by atoms with van der Waals surface area (Å²) in [6, 6.07) is -0.332. The molecule has 4 nitrogen and oxygen atoms in total. The van der Waals surface area contributed by atoms with Gasteiger partial charge in [-0.05, 0) is 68.6 Å². The van der Waals surface area contributed by atoms with E-state index in [0.29, 0.717) is 30.0 Å². The Morgan fingerprint density at radius 2 is 1.88 bits per heavy atom. The Labute approximate surface area is 150 Å². The van der Waals surface area contributed by atoms with Crippen molar-refractivity contribution < 1.29 is 14.7 Å². The zero-order chi connectivity index (χ0) is 18.2. The molecule has 140 valence electrons. The molecule has 0 unspecified atom stereocenters. The molecule has 0 radical (unpaired) electrons. The van der Waals surface area contributed by atoms with Crippen molar-refractivity contribution in [2.75, 3.05) is 0 Å². The van der Waals surface area contributed by atoms with Gasteiger partial charge in [0.05, 0.1) is 5.60 Å². The molecule has 0 aromatic rings. The molecule has 0 bridgehead atoms. The number of hydrogen-bond donors (Lipinski definition) is 2. The van der Waals surface area contributed by atoms with Crippen molar-refractivity contribution in [1.29, 1.82) is 0 Å². The molecule has 0 aromatic heterocycles. The predicted octanol–water partition coefficient (Wildman–Crippen LogP) is 2.86. The maximum absolute atomic E-state index is 12.2. The number of fused-ring (bicyclic) bond motifs is 5. The summed E-state index contributed by atoms with van der Waals surface area (Å²) in [4.78, 5) is 24.3. The SMILES string of the molecule is CC(=O)[C@H]1CC[C@H]2[C@@H]3C[C@@H](N)[C@@]4(O)CC(=O)CC[C@]4(C)[C@H]3CC[C@]12C. The fourth-order valence-electron chi connectivity index (χ4n) is 7.83. The second kappa shape index (κ2) is 5.39. The number of carbonyl (C=O) groups excluding carboxylic acids is 2. The largest absolute Gasteiger partial charge is 0.387 e. The molecular weight excluding hydrogens is 314 g/mol. The first-order chi connectivity index (χ1) is 11.6. The third-order valence-electron chi connectivity index (χ3n) is 9.26. The van der Waals surface area contributed by atoms with Crippen LogP contribution in [0.15, 0.2) is 0 Å². The topological polar surface area (TPSA) is 80.4 Å². The van der Waals surface area contributed by atoms with E-state index in [4.69, 9.17) is 5.73 Å². The van der Waals surface area contributed by atoms with Crippen LogP contribution in [0.25, 0.3) is 0 Å². The molecule has 3 N–H and O–H groups in total. The van der Waals surface area contributed by atoms with Gasteiger partial charge < -0.3 is 10.8 Å². The van der Waals surface area contributed by atoms with Crippen LogP contribution < -0.4 is 5.73 Å². The van der Waals surface area contributed by atoms with E-state index in [1.54, 1.807) is 6.92 Å². The number of hydrogen-bond acceptors (Lipinski definition) is 4. The van der Waals surface area contributed by atoms with E-state index in [9.17, 15) is 14.7 Å². The monoisotopic (exact) mass is 347 g/mol. The molecule has 4 fully saturated rings. The first kappa shape index (κ1) is 17.7. The third-order valence-corrected chi connectivity index (χ3v) is 9.26. The fraction of sp³-hybridized carbons (Fsp3) is 0.905. The standard InChI is InChI=1S/C21H33NO3/c1-12(23)15-4-5-16-14-10-18(22)21(25)11-13(24)6-9-20(21,3)17(14)7-8-19(15,16)2/h14-18,25H,4-11,22H2,1-3H3/t14-,15+,16-,17-,18+,19+,20+,21-/m0/s1. The van der Waals surface area contributed by atoms with Crippen molar-refractivity contribution in [2.24, 2.45) is 40.2 Å². The summed E-state index contributed by atoms with van der Waals surface area (Å²) in [5, 5.41) is 11.5. The lowest BCUT2D eigenvalue weighted by atomic mass is 9.42. The molecule has 0 spiro atoms. The summed E-state index contributed by atoms with van der Waals surface area (Å²) in [5.74, 6) is 2.13. The van der Waals surface area contributed by atoms with Crippen LogP contribution in [-0.4, -0.2) is 28.3 Å². The summed E-state index contributed by atoms with van der Waals surface area (Å²) >= 11 is 0. The Morgan fingerprint density at radius 3 is 2.56 bits per heavy atom. The van der Waals surface area contributed by atoms with Crippen LogP contribution in [0.4, 0.5) is 0 Å². The van der Waals surface area contributed by atoms with Crippen LogP contribution in [0, 0.1) is 34.5 Å². The smallest absolute Gasteiger partial charge is 0.135 e. The molecular formula is C21H33NO3. The number of Topliss-reactive ketones (excluding diaryl/α,β-unsaturated/α-hetero) is 2. The van der Waals surface area contributed by atoms with Gasteiger partial charge in [0.2, 0.25) is 0 Å². The molecule has 4 rings (SSSR count). The van der Waals surface area contributed by atoms with E-state index in [0.717, 1.165) is 38.5 Å². The fourth-order valence-corrected chi connectivity index (χ4v) is 7.83. The Kier molecular flexibility index (Phi) is 3.81. The second-order valence-electron chi connectivity index (χ2n) is 10.1. The van der Waals surface area contributed by atoms with Gasteiger partial charge in [0.1, 0.15) is 11.6 Å². The Morgan fingerprint density at radius 1 is 1.16 bits per heavy atom. The Balaban J connectivity index is 1.71. The van der Waals surface area contributed by atoms with Crippen LogP contribution >= 0.6 is 0 Å². The van der Waals surface area contributed by atoms with Crippen molar-refractivity contribution in [3.63, 3.8) is 0 Å². The quantitative estimate of drug-likeness (QED) is 0.764. The summed E-state index contributed by atoms with van der Waals surface area (Å²) in [5.41, 5.74) is 5.32. The number of nitrogens with two attached hydrogens (primary N) is 1. The Bertz CT molecular complexity index is 618. The van der Waals surface area contributed by atoms with Gasteiger partial charge in [-0.15, -0.1) is 0 Å². The van der Waals surface area contributed by atoms with E-state index in [1.807, 2.05) is 0 Å². The third kappa shape index (κ3) is 2.13. The van der Waals surface area contributed by atoms with Gasteiger partial charge in [0, 0.05) is 30.2 Å². The Hall–Kier alpha value is -0.740. The molecule has 25 heavy (non-hydrogen) atoms. The van der Waals surface area contributed by atoms with Crippen molar-refractivity contribution in [1.82, 2.24) is 0 Å². The first-order valence-electron chi connectivity index (χ1n) is 10.1. The van der Waals surface area contributed by atoms with Gasteiger partial charge in [-0.2, -0.15) is 0 Å². The molecule has 0 amide bonds. The van der Waals surface area contributed by atoms with Gasteiger partial charge >= 0.3 is 0 Å². The maximum atomic E-state index is 12.2. The summed E-state index contributed by atoms with van der Waals surface area (Å²) in [7, 11) is 0. The van der Waals surface area contributed by atoms with E-state index in [-0.39, 0.29) is 35.0 Å². The molecule has 0 aliphatic heterocycles. The van der Waals surface area contributed by atoms with Gasteiger partial charge in [-0.25, -0.2) is 0 Å². The average Bonchev–Trinajstić information content (AvgIpc) is 2.88. The summed E-state index contributed by atoms with van der Waals surface area (Å²) in [6.07, 6.45) is 6.61.